The second-order valence-electron chi connectivity index (χ2n) is 2.85. The zero-order valence-electron chi connectivity index (χ0n) is 7.30. The minimum atomic E-state index is -0.673. The molecule has 0 aliphatic rings. The van der Waals surface area contributed by atoms with E-state index in [2.05, 4.69) is 18.6 Å². The van der Waals surface area contributed by atoms with Crippen molar-refractivity contribution < 1.29 is 11.0 Å². The monoisotopic (exact) mass is 161 g/mol. The number of carbonyl (C=O) groups is 1. The molecule has 11 heavy (non-hydrogen) atoms. The van der Waals surface area contributed by atoms with E-state index in [4.69, 9.17) is 5.73 Å². The maximum Gasteiger partial charge on any atom is 0.404 e. The maximum absolute atomic E-state index is 10.1. The first-order valence-corrected chi connectivity index (χ1v) is 4.09. The molecule has 3 heteroatoms. The topological polar surface area (TPSA) is 52.3 Å². The predicted molar refractivity (Wildman–Crippen MR) is 46.3 cm³/mol. The van der Waals surface area contributed by atoms with Crippen LogP contribution in [0.15, 0.2) is 0 Å². The van der Waals surface area contributed by atoms with E-state index in [1.807, 2.05) is 0 Å². The summed E-state index contributed by atoms with van der Waals surface area (Å²) in [5.74, 6) is 0.624. The Morgan fingerprint density at radius 3 is 2.73 bits per heavy atom. The molecule has 0 aromatic carbocycles. The summed E-state index contributed by atoms with van der Waals surface area (Å²) in [5.41, 5.74) is 4.79. The van der Waals surface area contributed by atoms with Crippen LogP contribution in [-0.4, -0.2) is 12.7 Å². The Bertz CT molecular complexity index is 120. The van der Waals surface area contributed by atoms with Gasteiger partial charge in [-0.25, -0.2) is 4.79 Å². The number of rotatable bonds is 5. The Kier molecular flexibility index (Phi) is 5.61. The Hall–Kier alpha value is -0.730. The van der Waals surface area contributed by atoms with Crippen LogP contribution in [0.3, 0.4) is 0 Å². The molecule has 68 valence electrons. The van der Waals surface area contributed by atoms with Gasteiger partial charge < -0.3 is 10.5 Å². The summed E-state index contributed by atoms with van der Waals surface area (Å²) in [5, 5.41) is 0. The second kappa shape index (κ2) is 6.01. The molecule has 2 N–H and O–H groups in total. The van der Waals surface area contributed by atoms with E-state index in [1.165, 1.54) is 12.8 Å². The highest BCUT2D eigenvalue weighted by atomic mass is 16.5. The van der Waals surface area contributed by atoms with Crippen molar-refractivity contribution in [2.45, 2.75) is 33.1 Å². The van der Waals surface area contributed by atoms with Crippen molar-refractivity contribution in [3.8, 4) is 0 Å². The fourth-order valence-corrected chi connectivity index (χ4v) is 0.998. The lowest BCUT2D eigenvalue weighted by molar-refractivity contribution is 0.149. The average molecular weight is 161 g/mol. The van der Waals surface area contributed by atoms with Crippen molar-refractivity contribution >= 4 is 6.09 Å². The van der Waals surface area contributed by atoms with Gasteiger partial charge in [0.2, 0.25) is 0 Å². The van der Waals surface area contributed by atoms with Crippen LogP contribution in [0.4, 0.5) is 4.79 Å². The summed E-state index contributed by atoms with van der Waals surface area (Å²) in [7, 11) is 0. The van der Waals surface area contributed by atoms with Crippen LogP contribution in [0.25, 0.3) is 0 Å². The molecular weight excluding hydrogens is 142 g/mol. The third-order valence-electron chi connectivity index (χ3n) is 1.64. The Morgan fingerprint density at radius 1 is 1.64 bits per heavy atom. The first-order chi connectivity index (χ1) is 5.16. The number of primary amides is 1. The van der Waals surface area contributed by atoms with Crippen molar-refractivity contribution in [2.24, 2.45) is 11.7 Å². The van der Waals surface area contributed by atoms with Crippen molar-refractivity contribution in [2.75, 3.05) is 6.61 Å². The highest BCUT2D eigenvalue weighted by Gasteiger charge is 2.01. The van der Waals surface area contributed by atoms with Gasteiger partial charge in [-0.15, -0.1) is 0 Å². The standard InChI is InChI=1S/C8H17NO2.H2/c1-3-4-7(2)5-6-11-8(9)10;/h7H,3-6H2,1-2H3,(H2,9,10);1H/t7-;/m0./s1. The molecule has 0 aromatic heterocycles. The van der Waals surface area contributed by atoms with Crippen LogP contribution >= 0.6 is 0 Å². The van der Waals surface area contributed by atoms with Gasteiger partial charge in [0.25, 0.3) is 0 Å². The SMILES string of the molecule is CCC[C@H](C)CCOC(N)=O.[HH]. The lowest BCUT2D eigenvalue weighted by Gasteiger charge is -2.08. The second-order valence-corrected chi connectivity index (χ2v) is 2.85. The zero-order valence-corrected chi connectivity index (χ0v) is 7.30. The van der Waals surface area contributed by atoms with Crippen LogP contribution in [0, 0.1) is 5.92 Å². The largest absolute Gasteiger partial charge is 0.450 e. The molecule has 3 nitrogen and oxygen atoms in total. The molecule has 0 spiro atoms. The molecule has 0 fully saturated rings. The van der Waals surface area contributed by atoms with Crippen molar-refractivity contribution in [3.63, 3.8) is 0 Å². The van der Waals surface area contributed by atoms with Gasteiger partial charge in [-0.2, -0.15) is 0 Å². The molecule has 1 amide bonds. The summed E-state index contributed by atoms with van der Waals surface area (Å²) in [6.07, 6.45) is 2.60. The van der Waals surface area contributed by atoms with E-state index < -0.39 is 6.09 Å². The Balaban J connectivity index is 0. The maximum atomic E-state index is 10.1. The van der Waals surface area contributed by atoms with Crippen LogP contribution in [-0.2, 0) is 4.74 Å². The summed E-state index contributed by atoms with van der Waals surface area (Å²) in [4.78, 5) is 10.1. The fraction of sp³-hybridized carbons (Fsp3) is 0.875. The lowest BCUT2D eigenvalue weighted by atomic mass is 10.0. The van der Waals surface area contributed by atoms with E-state index >= 15 is 0 Å². The molecule has 0 bridgehead atoms. The minimum Gasteiger partial charge on any atom is -0.450 e. The fourth-order valence-electron chi connectivity index (χ4n) is 0.998. The summed E-state index contributed by atoms with van der Waals surface area (Å²) in [6, 6.07) is 0. The predicted octanol–water partition coefficient (Wildman–Crippen LogP) is 2.15. The molecule has 0 radical (unpaired) electrons. The van der Waals surface area contributed by atoms with E-state index in [1.54, 1.807) is 0 Å². The normalized spacial score (nSPS) is 12.5. The van der Waals surface area contributed by atoms with Gasteiger partial charge in [-0.1, -0.05) is 26.7 Å². The first kappa shape index (κ1) is 10.3. The van der Waals surface area contributed by atoms with E-state index in [-0.39, 0.29) is 1.43 Å². The van der Waals surface area contributed by atoms with Crippen molar-refractivity contribution in [1.29, 1.82) is 0 Å². The van der Waals surface area contributed by atoms with Gasteiger partial charge in [0, 0.05) is 1.43 Å². The number of carbonyl (C=O) groups excluding carboxylic acids is 1. The number of ether oxygens (including phenoxy) is 1. The molecular formula is C8H19NO2. The van der Waals surface area contributed by atoms with Crippen LogP contribution < -0.4 is 5.73 Å². The van der Waals surface area contributed by atoms with Gasteiger partial charge in [0.05, 0.1) is 6.61 Å². The van der Waals surface area contributed by atoms with E-state index in [0.29, 0.717) is 12.5 Å². The van der Waals surface area contributed by atoms with Crippen molar-refractivity contribution in [1.82, 2.24) is 0 Å². The number of hydrogen-bond donors (Lipinski definition) is 1. The lowest BCUT2D eigenvalue weighted by Crippen LogP contribution is -2.14. The smallest absolute Gasteiger partial charge is 0.404 e. The highest BCUT2D eigenvalue weighted by Crippen LogP contribution is 2.09. The quantitative estimate of drug-likeness (QED) is 0.671. The third kappa shape index (κ3) is 7.16. The van der Waals surface area contributed by atoms with E-state index in [0.717, 1.165) is 6.42 Å². The Labute approximate surface area is 69.4 Å². The summed E-state index contributed by atoms with van der Waals surface area (Å²) in [6.45, 7) is 4.75. The van der Waals surface area contributed by atoms with E-state index in [9.17, 15) is 4.79 Å². The summed E-state index contributed by atoms with van der Waals surface area (Å²) < 4.78 is 4.60. The van der Waals surface area contributed by atoms with Crippen LogP contribution in [0.5, 0.6) is 0 Å². The zero-order chi connectivity index (χ0) is 8.69. The molecule has 0 rings (SSSR count). The van der Waals surface area contributed by atoms with Crippen LogP contribution in [0.1, 0.15) is 34.5 Å². The van der Waals surface area contributed by atoms with Gasteiger partial charge in [-0.3, -0.25) is 0 Å². The number of hydrogen-bond acceptors (Lipinski definition) is 2. The van der Waals surface area contributed by atoms with Crippen LogP contribution in [0.2, 0.25) is 0 Å². The molecule has 0 aliphatic heterocycles. The highest BCUT2D eigenvalue weighted by molar-refractivity contribution is 5.64. The molecule has 0 saturated carbocycles. The molecule has 0 aromatic rings. The van der Waals surface area contributed by atoms with Gasteiger partial charge in [0.1, 0.15) is 0 Å². The summed E-state index contributed by atoms with van der Waals surface area (Å²) >= 11 is 0. The van der Waals surface area contributed by atoms with Crippen molar-refractivity contribution in [3.05, 3.63) is 0 Å². The number of amides is 1. The van der Waals surface area contributed by atoms with Gasteiger partial charge in [0.15, 0.2) is 0 Å². The average Bonchev–Trinajstić information content (AvgIpc) is 1.87. The number of nitrogens with two attached hydrogens (primary N) is 1. The molecule has 1 atom stereocenters. The molecule has 0 unspecified atom stereocenters. The van der Waals surface area contributed by atoms with Gasteiger partial charge >= 0.3 is 6.09 Å². The molecule has 0 heterocycles. The third-order valence-corrected chi connectivity index (χ3v) is 1.64. The molecule has 0 saturated heterocycles. The molecule has 0 aliphatic carbocycles. The first-order valence-electron chi connectivity index (χ1n) is 4.09. The minimum absolute atomic E-state index is 0. The Morgan fingerprint density at radius 2 is 2.27 bits per heavy atom. The van der Waals surface area contributed by atoms with Gasteiger partial charge in [-0.05, 0) is 12.3 Å².